The van der Waals surface area contributed by atoms with Gasteiger partial charge in [0.25, 0.3) is 0 Å². The number of aromatic amines is 1. The summed E-state index contributed by atoms with van der Waals surface area (Å²) < 4.78 is 13.8. The van der Waals surface area contributed by atoms with E-state index in [1.807, 2.05) is 41.0 Å². The average molecular weight is 400 g/mol. The molecule has 0 spiro atoms. The molecule has 1 fully saturated rings. The lowest BCUT2D eigenvalue weighted by molar-refractivity contribution is 0.0485. The molecule has 2 aromatic carbocycles. The van der Waals surface area contributed by atoms with Crippen molar-refractivity contribution in [3.63, 3.8) is 0 Å². The summed E-state index contributed by atoms with van der Waals surface area (Å²) in [5, 5.41) is 0.646. The predicted molar refractivity (Wildman–Crippen MR) is 109 cm³/mol. The number of aromatic nitrogens is 2. The second-order valence-corrected chi connectivity index (χ2v) is 7.93. The molecule has 0 saturated carbocycles. The van der Waals surface area contributed by atoms with Crippen molar-refractivity contribution in [2.75, 3.05) is 26.2 Å². The van der Waals surface area contributed by atoms with E-state index in [2.05, 4.69) is 9.88 Å². The number of benzene rings is 2. The fourth-order valence-electron chi connectivity index (χ4n) is 4.26. The number of hydrogen-bond donors (Lipinski definition) is 1. The minimum atomic E-state index is -0.0165. The highest BCUT2D eigenvalue weighted by atomic mass is 35.5. The Labute approximate surface area is 167 Å². The van der Waals surface area contributed by atoms with Crippen LogP contribution in [0, 0.1) is 0 Å². The van der Waals surface area contributed by atoms with Crippen molar-refractivity contribution in [3.8, 4) is 11.5 Å². The van der Waals surface area contributed by atoms with Crippen molar-refractivity contribution in [2.45, 2.75) is 25.0 Å². The Bertz CT molecular complexity index is 1050. The van der Waals surface area contributed by atoms with Gasteiger partial charge in [-0.3, -0.25) is 9.47 Å². The number of nitrogens with zero attached hydrogens (tertiary/aromatic N) is 2. The lowest BCUT2D eigenvalue weighted by Crippen LogP contribution is -2.45. The molecular weight excluding hydrogens is 378 g/mol. The Morgan fingerprint density at radius 3 is 2.79 bits per heavy atom. The number of hydrogen-bond acceptors (Lipinski definition) is 4. The van der Waals surface area contributed by atoms with Crippen LogP contribution in [0.25, 0.3) is 11.0 Å². The van der Waals surface area contributed by atoms with Gasteiger partial charge in [0.1, 0.15) is 12.7 Å². The summed E-state index contributed by atoms with van der Waals surface area (Å²) >= 11 is 6.06. The Hall–Kier alpha value is -2.44. The first-order valence-electron chi connectivity index (χ1n) is 9.68. The SMILES string of the molecule is O=c1[nH]c2ccccc2n1C1CCN(CC2COc3ccc(Cl)cc3O2)CC1. The predicted octanol–water partition coefficient (Wildman–Crippen LogP) is 3.46. The van der Waals surface area contributed by atoms with Gasteiger partial charge in [0.15, 0.2) is 11.5 Å². The molecule has 1 N–H and O–H groups in total. The molecule has 146 valence electrons. The van der Waals surface area contributed by atoms with Crippen LogP contribution in [0.15, 0.2) is 47.3 Å². The Kier molecular flexibility index (Phi) is 4.53. The molecule has 2 aliphatic heterocycles. The van der Waals surface area contributed by atoms with Crippen molar-refractivity contribution in [2.24, 2.45) is 0 Å². The van der Waals surface area contributed by atoms with Crippen molar-refractivity contribution in [3.05, 3.63) is 58.0 Å². The molecule has 5 rings (SSSR count). The van der Waals surface area contributed by atoms with Gasteiger partial charge in [0.2, 0.25) is 0 Å². The number of ether oxygens (including phenoxy) is 2. The number of fused-ring (bicyclic) bond motifs is 2. The number of rotatable bonds is 3. The number of halogens is 1. The number of nitrogens with one attached hydrogen (secondary N) is 1. The molecule has 0 aliphatic carbocycles. The molecule has 1 aromatic heterocycles. The number of para-hydroxylation sites is 2. The van der Waals surface area contributed by atoms with Gasteiger partial charge in [0.05, 0.1) is 11.0 Å². The molecule has 3 aromatic rings. The van der Waals surface area contributed by atoms with Gasteiger partial charge in [-0.1, -0.05) is 23.7 Å². The summed E-state index contributed by atoms with van der Waals surface area (Å²) in [6, 6.07) is 13.6. The molecule has 1 unspecified atom stereocenters. The third kappa shape index (κ3) is 3.27. The van der Waals surface area contributed by atoms with Crippen molar-refractivity contribution < 1.29 is 9.47 Å². The van der Waals surface area contributed by atoms with Crippen molar-refractivity contribution in [1.29, 1.82) is 0 Å². The van der Waals surface area contributed by atoms with Crippen LogP contribution in [0.1, 0.15) is 18.9 Å². The summed E-state index contributed by atoms with van der Waals surface area (Å²) in [6.07, 6.45) is 1.87. The smallest absolute Gasteiger partial charge is 0.326 e. The van der Waals surface area contributed by atoms with Crippen LogP contribution < -0.4 is 15.2 Å². The van der Waals surface area contributed by atoms with Crippen LogP contribution in [0.5, 0.6) is 11.5 Å². The molecule has 0 amide bonds. The van der Waals surface area contributed by atoms with Crippen molar-refractivity contribution >= 4 is 22.6 Å². The van der Waals surface area contributed by atoms with Gasteiger partial charge in [-0.15, -0.1) is 0 Å². The Morgan fingerprint density at radius 2 is 1.93 bits per heavy atom. The molecule has 0 radical (unpaired) electrons. The normalized spacial score (nSPS) is 20.5. The van der Waals surface area contributed by atoms with Gasteiger partial charge in [-0.2, -0.15) is 0 Å². The third-order valence-electron chi connectivity index (χ3n) is 5.63. The first-order valence-corrected chi connectivity index (χ1v) is 10.1. The quantitative estimate of drug-likeness (QED) is 0.732. The first kappa shape index (κ1) is 17.6. The number of imidazole rings is 1. The van der Waals surface area contributed by atoms with E-state index in [0.29, 0.717) is 17.4 Å². The zero-order valence-corrected chi connectivity index (χ0v) is 16.2. The van der Waals surface area contributed by atoms with Gasteiger partial charge in [-0.25, -0.2) is 4.79 Å². The van der Waals surface area contributed by atoms with Crippen LogP contribution in [-0.4, -0.2) is 46.8 Å². The van der Waals surface area contributed by atoms with E-state index in [1.165, 1.54) is 0 Å². The van der Waals surface area contributed by atoms with Gasteiger partial charge >= 0.3 is 5.69 Å². The van der Waals surface area contributed by atoms with E-state index < -0.39 is 0 Å². The lowest BCUT2D eigenvalue weighted by atomic mass is 10.0. The monoisotopic (exact) mass is 399 g/mol. The second-order valence-electron chi connectivity index (χ2n) is 7.49. The molecule has 28 heavy (non-hydrogen) atoms. The van der Waals surface area contributed by atoms with E-state index in [0.717, 1.165) is 49.3 Å². The molecule has 1 atom stereocenters. The van der Waals surface area contributed by atoms with E-state index in [1.54, 1.807) is 6.07 Å². The maximum atomic E-state index is 12.4. The summed E-state index contributed by atoms with van der Waals surface area (Å²) in [6.45, 7) is 3.20. The fourth-order valence-corrected chi connectivity index (χ4v) is 4.43. The second kappa shape index (κ2) is 7.18. The van der Waals surface area contributed by atoms with Crippen molar-refractivity contribution in [1.82, 2.24) is 14.5 Å². The van der Waals surface area contributed by atoms with E-state index in [-0.39, 0.29) is 17.8 Å². The summed E-state index contributed by atoms with van der Waals surface area (Å²) in [5.41, 5.74) is 1.88. The van der Waals surface area contributed by atoms with E-state index in [9.17, 15) is 4.79 Å². The lowest BCUT2D eigenvalue weighted by Gasteiger charge is -2.36. The van der Waals surface area contributed by atoms with Gasteiger partial charge in [-0.05, 0) is 37.1 Å². The maximum absolute atomic E-state index is 12.4. The van der Waals surface area contributed by atoms with Crippen LogP contribution in [0.2, 0.25) is 5.02 Å². The van der Waals surface area contributed by atoms with Crippen LogP contribution in [-0.2, 0) is 0 Å². The van der Waals surface area contributed by atoms with Crippen LogP contribution >= 0.6 is 11.6 Å². The molecule has 6 nitrogen and oxygen atoms in total. The minimum absolute atomic E-state index is 0.0154. The Morgan fingerprint density at radius 1 is 1.11 bits per heavy atom. The molecule has 2 aliphatic rings. The highest BCUT2D eigenvalue weighted by molar-refractivity contribution is 6.30. The molecule has 3 heterocycles. The summed E-state index contributed by atoms with van der Waals surface area (Å²) in [4.78, 5) is 17.8. The number of likely N-dealkylation sites (tertiary alicyclic amines) is 1. The zero-order chi connectivity index (χ0) is 19.1. The fraction of sp³-hybridized carbons (Fsp3) is 0.381. The minimum Gasteiger partial charge on any atom is -0.486 e. The molecular formula is C21H22ClN3O3. The zero-order valence-electron chi connectivity index (χ0n) is 15.4. The number of piperidine rings is 1. The molecule has 0 bridgehead atoms. The standard InChI is InChI=1S/C21H22ClN3O3/c22-14-5-6-19-20(11-14)28-16(13-27-19)12-24-9-7-15(8-10-24)25-18-4-2-1-3-17(18)23-21(25)26/h1-6,11,15-16H,7-10,12-13H2,(H,23,26). The van der Waals surface area contributed by atoms with E-state index in [4.69, 9.17) is 21.1 Å². The van der Waals surface area contributed by atoms with Gasteiger partial charge in [0, 0.05) is 36.8 Å². The Balaban J connectivity index is 1.23. The van der Waals surface area contributed by atoms with E-state index >= 15 is 0 Å². The highest BCUT2D eigenvalue weighted by Crippen LogP contribution is 2.34. The molecule has 1 saturated heterocycles. The summed E-state index contributed by atoms with van der Waals surface area (Å²) in [5.74, 6) is 1.46. The van der Waals surface area contributed by atoms with Crippen LogP contribution in [0.3, 0.4) is 0 Å². The molecule has 7 heteroatoms. The van der Waals surface area contributed by atoms with Gasteiger partial charge < -0.3 is 14.5 Å². The number of H-pyrrole nitrogens is 1. The topological polar surface area (TPSA) is 59.5 Å². The third-order valence-corrected chi connectivity index (χ3v) is 5.87. The highest BCUT2D eigenvalue weighted by Gasteiger charge is 2.28. The maximum Gasteiger partial charge on any atom is 0.326 e. The van der Waals surface area contributed by atoms with Crippen LogP contribution in [0.4, 0.5) is 0 Å². The largest absolute Gasteiger partial charge is 0.486 e. The first-order chi connectivity index (χ1) is 13.7. The average Bonchev–Trinajstić information content (AvgIpc) is 3.04. The summed E-state index contributed by atoms with van der Waals surface area (Å²) in [7, 11) is 0.